The third-order valence-electron chi connectivity index (χ3n) is 3.74. The summed E-state index contributed by atoms with van der Waals surface area (Å²) in [6.07, 6.45) is 0. The molecule has 3 rings (SSSR count). The van der Waals surface area contributed by atoms with Crippen LogP contribution in [0.3, 0.4) is 0 Å². The number of carbonyl (C=O) groups is 1. The van der Waals surface area contributed by atoms with Crippen molar-refractivity contribution in [1.82, 2.24) is 10.3 Å². The molecule has 0 aliphatic heterocycles. The molecule has 0 aromatic heterocycles. The molecule has 3 aromatic rings. The van der Waals surface area contributed by atoms with Gasteiger partial charge in [-0.1, -0.05) is 42.0 Å². The quantitative estimate of drug-likeness (QED) is 0.626. The molecule has 0 heterocycles. The van der Waals surface area contributed by atoms with Crippen LogP contribution in [0.25, 0.3) is 10.8 Å². The minimum absolute atomic E-state index is 0.0229. The van der Waals surface area contributed by atoms with Crippen molar-refractivity contribution < 1.29 is 18.3 Å². The zero-order chi connectivity index (χ0) is 18.0. The van der Waals surface area contributed by atoms with E-state index < -0.39 is 15.9 Å². The van der Waals surface area contributed by atoms with E-state index in [1.165, 1.54) is 24.3 Å². The summed E-state index contributed by atoms with van der Waals surface area (Å²) in [6, 6.07) is 16.4. The molecule has 0 aliphatic carbocycles. The van der Waals surface area contributed by atoms with Crippen molar-refractivity contribution in [2.24, 2.45) is 0 Å². The first kappa shape index (κ1) is 16.9. The van der Waals surface area contributed by atoms with Crippen molar-refractivity contribution in [3.05, 3.63) is 71.8 Å². The number of rotatable bonds is 4. The first-order chi connectivity index (χ1) is 11.9. The maximum absolute atomic E-state index is 12.2. The molecule has 0 bridgehead atoms. The zero-order valence-electron chi connectivity index (χ0n) is 13.4. The average molecular weight is 356 g/mol. The summed E-state index contributed by atoms with van der Waals surface area (Å²) < 4.78 is 24.4. The van der Waals surface area contributed by atoms with Gasteiger partial charge in [-0.15, -0.1) is 4.83 Å². The van der Waals surface area contributed by atoms with Crippen molar-refractivity contribution in [3.63, 3.8) is 0 Å². The minimum Gasteiger partial charge on any atom is -0.507 e. The van der Waals surface area contributed by atoms with E-state index >= 15 is 0 Å². The van der Waals surface area contributed by atoms with Crippen LogP contribution in [0, 0.1) is 6.92 Å². The fourth-order valence-corrected chi connectivity index (χ4v) is 3.21. The predicted octanol–water partition coefficient (Wildman–Crippen LogP) is 2.48. The van der Waals surface area contributed by atoms with E-state index in [1.54, 1.807) is 30.3 Å². The molecular weight excluding hydrogens is 340 g/mol. The van der Waals surface area contributed by atoms with Gasteiger partial charge in [0.15, 0.2) is 0 Å². The number of hydrogen-bond acceptors (Lipinski definition) is 4. The van der Waals surface area contributed by atoms with Crippen LogP contribution in [0.4, 0.5) is 0 Å². The Morgan fingerprint density at radius 2 is 1.56 bits per heavy atom. The van der Waals surface area contributed by atoms with Crippen LogP contribution in [0.1, 0.15) is 15.9 Å². The number of hydrogen-bond donors (Lipinski definition) is 3. The van der Waals surface area contributed by atoms with Gasteiger partial charge >= 0.3 is 0 Å². The Balaban J connectivity index is 1.80. The molecule has 0 atom stereocenters. The highest BCUT2D eigenvalue weighted by Crippen LogP contribution is 2.24. The Morgan fingerprint density at radius 1 is 0.960 bits per heavy atom. The van der Waals surface area contributed by atoms with Crippen LogP contribution in [-0.4, -0.2) is 19.4 Å². The summed E-state index contributed by atoms with van der Waals surface area (Å²) in [5, 5.41) is 11.5. The first-order valence-electron chi connectivity index (χ1n) is 7.47. The number of fused-ring (bicyclic) bond motifs is 1. The second-order valence-electron chi connectivity index (χ2n) is 5.59. The molecule has 3 aromatic carbocycles. The fourth-order valence-electron chi connectivity index (χ4n) is 2.37. The summed E-state index contributed by atoms with van der Waals surface area (Å²) in [5.41, 5.74) is 3.02. The van der Waals surface area contributed by atoms with Crippen molar-refractivity contribution in [1.29, 1.82) is 0 Å². The van der Waals surface area contributed by atoms with E-state index in [9.17, 15) is 18.3 Å². The number of sulfonamides is 1. The molecule has 0 saturated heterocycles. The van der Waals surface area contributed by atoms with Crippen LogP contribution in [-0.2, 0) is 10.0 Å². The molecule has 7 heteroatoms. The Morgan fingerprint density at radius 3 is 2.20 bits per heavy atom. The van der Waals surface area contributed by atoms with Crippen molar-refractivity contribution in [2.45, 2.75) is 11.8 Å². The molecular formula is C18H16N2O4S. The summed E-state index contributed by atoms with van der Waals surface area (Å²) in [7, 11) is -3.90. The molecule has 0 saturated carbocycles. The van der Waals surface area contributed by atoms with Crippen LogP contribution in [0.5, 0.6) is 5.75 Å². The van der Waals surface area contributed by atoms with Crippen LogP contribution >= 0.6 is 0 Å². The van der Waals surface area contributed by atoms with E-state index in [-0.39, 0.29) is 16.2 Å². The Labute approximate surface area is 145 Å². The van der Waals surface area contributed by atoms with E-state index in [0.29, 0.717) is 0 Å². The maximum atomic E-state index is 12.2. The van der Waals surface area contributed by atoms with E-state index in [4.69, 9.17) is 0 Å². The Kier molecular flexibility index (Phi) is 4.43. The molecule has 0 aliphatic rings. The van der Waals surface area contributed by atoms with Gasteiger partial charge < -0.3 is 5.11 Å². The molecule has 25 heavy (non-hydrogen) atoms. The fraction of sp³-hybridized carbons (Fsp3) is 0.0556. The van der Waals surface area contributed by atoms with Crippen LogP contribution in [0.15, 0.2) is 65.6 Å². The molecule has 128 valence electrons. The summed E-state index contributed by atoms with van der Waals surface area (Å²) in [6.45, 7) is 1.84. The topological polar surface area (TPSA) is 95.5 Å². The third kappa shape index (κ3) is 3.62. The van der Waals surface area contributed by atoms with Crippen molar-refractivity contribution >= 4 is 26.7 Å². The van der Waals surface area contributed by atoms with Gasteiger partial charge in [0, 0.05) is 0 Å². The van der Waals surface area contributed by atoms with Gasteiger partial charge in [-0.2, -0.15) is 0 Å². The molecule has 1 amide bonds. The van der Waals surface area contributed by atoms with Gasteiger partial charge in [-0.25, -0.2) is 8.42 Å². The van der Waals surface area contributed by atoms with Crippen molar-refractivity contribution in [3.8, 4) is 5.75 Å². The molecule has 0 unspecified atom stereocenters. The van der Waals surface area contributed by atoms with E-state index in [1.807, 2.05) is 17.8 Å². The number of aryl methyl sites for hydroxylation is 1. The highest BCUT2D eigenvalue weighted by atomic mass is 32.2. The SMILES string of the molecule is Cc1ccc(S(=O)(=O)NNC(=O)c2cc3ccccc3cc2O)cc1. The first-order valence-corrected chi connectivity index (χ1v) is 8.96. The summed E-state index contributed by atoms with van der Waals surface area (Å²) >= 11 is 0. The van der Waals surface area contributed by atoms with Gasteiger partial charge in [0.05, 0.1) is 10.5 Å². The zero-order valence-corrected chi connectivity index (χ0v) is 14.2. The number of benzene rings is 3. The summed E-state index contributed by atoms with van der Waals surface area (Å²) in [4.78, 5) is 14.3. The van der Waals surface area contributed by atoms with Gasteiger partial charge in [-0.05, 0) is 42.0 Å². The molecule has 6 nitrogen and oxygen atoms in total. The lowest BCUT2D eigenvalue weighted by molar-refractivity contribution is 0.0942. The Hall–Kier alpha value is -2.90. The Bertz CT molecular complexity index is 1040. The lowest BCUT2D eigenvalue weighted by Crippen LogP contribution is -2.41. The molecule has 0 radical (unpaired) electrons. The molecule has 0 spiro atoms. The van der Waals surface area contributed by atoms with E-state index in [0.717, 1.165) is 16.3 Å². The number of nitrogens with one attached hydrogen (secondary N) is 2. The number of carbonyl (C=O) groups excluding carboxylic acids is 1. The highest BCUT2D eigenvalue weighted by Gasteiger charge is 2.17. The van der Waals surface area contributed by atoms with Crippen LogP contribution in [0.2, 0.25) is 0 Å². The normalized spacial score (nSPS) is 11.4. The average Bonchev–Trinajstić information content (AvgIpc) is 2.59. The highest BCUT2D eigenvalue weighted by molar-refractivity contribution is 7.89. The number of hydrazine groups is 1. The van der Waals surface area contributed by atoms with Gasteiger partial charge in [-0.3, -0.25) is 10.2 Å². The number of phenols is 1. The number of aromatic hydroxyl groups is 1. The van der Waals surface area contributed by atoms with Gasteiger partial charge in [0.1, 0.15) is 5.75 Å². The largest absolute Gasteiger partial charge is 0.507 e. The predicted molar refractivity (Wildman–Crippen MR) is 94.6 cm³/mol. The lowest BCUT2D eigenvalue weighted by atomic mass is 10.1. The number of amides is 1. The molecule has 3 N–H and O–H groups in total. The van der Waals surface area contributed by atoms with Crippen molar-refractivity contribution in [2.75, 3.05) is 0 Å². The monoisotopic (exact) mass is 356 g/mol. The van der Waals surface area contributed by atoms with E-state index in [2.05, 4.69) is 5.43 Å². The second-order valence-corrected chi connectivity index (χ2v) is 7.27. The smallest absolute Gasteiger partial charge is 0.270 e. The standard InChI is InChI=1S/C18H16N2O4S/c1-12-6-8-15(9-7-12)25(23,24)20-19-18(22)16-10-13-4-2-3-5-14(13)11-17(16)21/h2-11,20-21H,1H3,(H,19,22). The minimum atomic E-state index is -3.90. The van der Waals surface area contributed by atoms with Gasteiger partial charge in [0.2, 0.25) is 0 Å². The maximum Gasteiger partial charge on any atom is 0.270 e. The second kappa shape index (κ2) is 6.54. The van der Waals surface area contributed by atoms with Gasteiger partial charge in [0.25, 0.3) is 15.9 Å². The third-order valence-corrected chi connectivity index (χ3v) is 5.00. The summed E-state index contributed by atoms with van der Waals surface area (Å²) in [5.74, 6) is -0.982. The van der Waals surface area contributed by atoms with Crippen LogP contribution < -0.4 is 10.3 Å². The number of phenolic OH excluding ortho intramolecular Hbond substituents is 1. The lowest BCUT2D eigenvalue weighted by Gasteiger charge is -2.10. The molecule has 0 fully saturated rings.